The van der Waals surface area contributed by atoms with Crippen LogP contribution < -0.4 is 4.90 Å². The molecule has 0 radical (unpaired) electrons. The number of benzene rings is 1. The fourth-order valence-corrected chi connectivity index (χ4v) is 0.676. The molecule has 0 unspecified atom stereocenters. The summed E-state index contributed by atoms with van der Waals surface area (Å²) in [6.45, 7) is 10.0. The van der Waals surface area contributed by atoms with Crippen LogP contribution in [0.2, 0.25) is 0 Å². The Labute approximate surface area is 167 Å². The predicted octanol–water partition coefficient (Wildman–Crippen LogP) is 5.93. The van der Waals surface area contributed by atoms with Gasteiger partial charge in [0.05, 0.1) is 0 Å². The van der Waals surface area contributed by atoms with Gasteiger partial charge in [0.1, 0.15) is 0 Å². The van der Waals surface area contributed by atoms with E-state index in [-0.39, 0.29) is 25.3 Å². The molecule has 23 heavy (non-hydrogen) atoms. The summed E-state index contributed by atoms with van der Waals surface area (Å²) in [4.78, 5) is 1.78. The monoisotopic (exact) mass is 472 g/mol. The minimum absolute atomic E-state index is 0. The summed E-state index contributed by atoms with van der Waals surface area (Å²) in [7, 11) is 2.63. The quantitative estimate of drug-likeness (QED) is 0.231. The van der Waals surface area contributed by atoms with Crippen molar-refractivity contribution >= 4 is 37.2 Å². The molecule has 0 saturated carbocycles. The molecule has 0 aliphatic rings. The summed E-state index contributed by atoms with van der Waals surface area (Å²) in [5.41, 5.74) is 1.22. The van der Waals surface area contributed by atoms with Crippen LogP contribution >= 0.6 is 31.5 Å². The maximum Gasteiger partial charge on any atom is 0.303 e. The summed E-state index contributed by atoms with van der Waals surface area (Å²) in [6.07, 6.45) is 0. The molecule has 140 valence electrons. The Bertz CT molecular complexity index is 363. The number of halogens is 2. The van der Waals surface area contributed by atoms with Gasteiger partial charge < -0.3 is 10.8 Å². The average molecular weight is 474 g/mol. The minimum atomic E-state index is -1.42. The largest absolute Gasteiger partial charge is 0.399 e. The standard InChI is InChI=1S/C8H10N.C4H7Cl2.C4H9.HO2P.Pd/c1-9(2)8-6-4-3-5-7-8;1-3(2)4(5)6;1-4(2)3;1-3-2;/h4-7H,1-2H3;4H,1-2H3;1-3H3;3H;/q3*-1;;. The number of alkyl halides is 2. The first-order valence-electron chi connectivity index (χ1n) is 6.57. The maximum atomic E-state index is 8.40. The Balaban J connectivity index is -0.000000114. The van der Waals surface area contributed by atoms with E-state index in [4.69, 9.17) is 32.3 Å². The van der Waals surface area contributed by atoms with Gasteiger partial charge in [-0.2, -0.15) is 52.8 Å². The van der Waals surface area contributed by atoms with Crippen LogP contribution in [0.5, 0.6) is 0 Å². The Morgan fingerprint density at radius 3 is 1.43 bits per heavy atom. The van der Waals surface area contributed by atoms with Gasteiger partial charge in [-0.05, 0) is 4.84 Å². The van der Waals surface area contributed by atoms with Crippen molar-refractivity contribution in [1.82, 2.24) is 0 Å². The Hall–Kier alpha value is 0.162. The van der Waals surface area contributed by atoms with Crippen molar-refractivity contribution in [3.05, 3.63) is 42.2 Å². The van der Waals surface area contributed by atoms with Crippen LogP contribution in [0.4, 0.5) is 5.69 Å². The van der Waals surface area contributed by atoms with Crippen LogP contribution in [0.1, 0.15) is 34.6 Å². The fourth-order valence-electron chi connectivity index (χ4n) is 0.676. The van der Waals surface area contributed by atoms with Gasteiger partial charge in [0, 0.05) is 34.5 Å². The fraction of sp³-hybridized carbons (Fsp3) is 0.500. The smallest absolute Gasteiger partial charge is 0.303 e. The third-order valence-electron chi connectivity index (χ3n) is 1.65. The second kappa shape index (κ2) is 22.2. The molecule has 0 amide bonds. The molecule has 3 nitrogen and oxygen atoms in total. The van der Waals surface area contributed by atoms with E-state index >= 15 is 0 Å². The van der Waals surface area contributed by atoms with Gasteiger partial charge in [0.25, 0.3) is 0 Å². The molecule has 0 spiro atoms. The molecule has 0 heterocycles. The van der Waals surface area contributed by atoms with Crippen LogP contribution in [0, 0.1) is 17.9 Å². The van der Waals surface area contributed by atoms with Gasteiger partial charge in [-0.1, -0.05) is 5.69 Å². The third kappa shape index (κ3) is 34.5. The zero-order valence-corrected chi connectivity index (χ0v) is 18.8. The Kier molecular flexibility index (Phi) is 29.9. The Morgan fingerprint density at radius 2 is 1.30 bits per heavy atom. The van der Waals surface area contributed by atoms with Gasteiger partial charge >= 0.3 is 8.34 Å². The van der Waals surface area contributed by atoms with Gasteiger partial charge in [0.15, 0.2) is 0 Å². The summed E-state index contributed by atoms with van der Waals surface area (Å²) in [5, 5.41) is 0. The number of hydrogen-bond acceptors (Lipinski definition) is 3. The van der Waals surface area contributed by atoms with E-state index in [2.05, 4.69) is 31.7 Å². The van der Waals surface area contributed by atoms with Crippen LogP contribution in [-0.2, 0) is 29.6 Å². The predicted molar refractivity (Wildman–Crippen MR) is 99.6 cm³/mol. The Morgan fingerprint density at radius 1 is 1.04 bits per heavy atom. The van der Waals surface area contributed by atoms with Crippen molar-refractivity contribution < 1.29 is 29.6 Å². The first-order chi connectivity index (χ1) is 10.1. The second-order valence-electron chi connectivity index (χ2n) is 5.11. The van der Waals surface area contributed by atoms with Gasteiger partial charge in [-0.15, -0.1) is 35.3 Å². The zero-order chi connectivity index (χ0) is 18.1. The van der Waals surface area contributed by atoms with Crippen LogP contribution in [0.25, 0.3) is 0 Å². The molecular weight excluding hydrogens is 446 g/mol. The molecule has 0 N–H and O–H groups in total. The summed E-state index contributed by atoms with van der Waals surface area (Å²) in [6, 6.07) is 10.8. The SMILES string of the molecule is CN(C)c1cc[c-]cc1.C[C-](C)C.C[C-](C)C(Cl)Cl.O=[PH]=O.[Pd]. The van der Waals surface area contributed by atoms with E-state index in [1.54, 1.807) is 0 Å². The molecule has 1 aromatic rings. The molecule has 0 aliphatic carbocycles. The molecule has 1 rings (SSSR count). The number of nitrogens with zero attached hydrogens (tertiary/aromatic N) is 1. The van der Waals surface area contributed by atoms with Crippen molar-refractivity contribution in [2.45, 2.75) is 39.5 Å². The summed E-state index contributed by atoms with van der Waals surface area (Å²) >= 11 is 10.7. The first kappa shape index (κ1) is 31.0. The summed E-state index contributed by atoms with van der Waals surface area (Å²) < 4.78 is 16.8. The van der Waals surface area contributed by atoms with E-state index < -0.39 is 8.34 Å². The van der Waals surface area contributed by atoms with Gasteiger partial charge in [-0.3, -0.25) is 5.92 Å². The molecule has 0 fully saturated rings. The molecule has 0 atom stereocenters. The number of rotatable bonds is 2. The third-order valence-corrected chi connectivity index (χ3v) is 2.53. The topological polar surface area (TPSA) is 37.4 Å². The summed E-state index contributed by atoms with van der Waals surface area (Å²) in [5.74, 6) is 2.46. The van der Waals surface area contributed by atoms with E-state index in [0.29, 0.717) is 0 Å². The van der Waals surface area contributed by atoms with Crippen LogP contribution in [-0.4, -0.2) is 18.9 Å². The second-order valence-corrected chi connectivity index (χ2v) is 6.38. The van der Waals surface area contributed by atoms with E-state index in [1.807, 2.05) is 52.2 Å². The number of hydrogen-bond donors (Lipinski definition) is 0. The first-order valence-corrected chi connectivity index (χ1v) is 8.26. The molecule has 0 bridgehead atoms. The van der Waals surface area contributed by atoms with Gasteiger partial charge in [-0.25, -0.2) is 9.13 Å². The average Bonchev–Trinajstić information content (AvgIpc) is 2.40. The molecule has 0 aromatic heterocycles. The van der Waals surface area contributed by atoms with Crippen molar-refractivity contribution in [3.63, 3.8) is 0 Å². The maximum absolute atomic E-state index is 8.40. The van der Waals surface area contributed by atoms with E-state index in [0.717, 1.165) is 5.92 Å². The van der Waals surface area contributed by atoms with Crippen molar-refractivity contribution in [2.75, 3.05) is 19.0 Å². The van der Waals surface area contributed by atoms with E-state index in [1.165, 1.54) is 11.6 Å². The van der Waals surface area contributed by atoms with Crippen molar-refractivity contribution in [2.24, 2.45) is 0 Å². The van der Waals surface area contributed by atoms with E-state index in [9.17, 15) is 0 Å². The molecule has 0 saturated heterocycles. The van der Waals surface area contributed by atoms with Crippen LogP contribution in [0.3, 0.4) is 0 Å². The normalized spacial score (nSPS) is 8.52. The van der Waals surface area contributed by atoms with Crippen molar-refractivity contribution in [1.29, 1.82) is 0 Å². The van der Waals surface area contributed by atoms with Gasteiger partial charge in [0.2, 0.25) is 0 Å². The molecule has 0 aliphatic heterocycles. The number of anilines is 1. The van der Waals surface area contributed by atoms with Crippen LogP contribution in [0.15, 0.2) is 24.3 Å². The molecule has 1 aromatic carbocycles. The molecule has 7 heteroatoms. The molecular formula is C16H27Cl2NO2PPd-3. The van der Waals surface area contributed by atoms with Crippen molar-refractivity contribution in [3.8, 4) is 0 Å². The minimum Gasteiger partial charge on any atom is -0.399 e. The zero-order valence-electron chi connectivity index (χ0n) is 14.7.